The molecular formula is C9H20F2N2. The number of piperazine rings is 1. The Hall–Kier alpha value is -0.220. The van der Waals surface area contributed by atoms with Crippen LogP contribution in [0.2, 0.25) is 0 Å². The fourth-order valence-electron chi connectivity index (χ4n) is 1.23. The summed E-state index contributed by atoms with van der Waals surface area (Å²) >= 11 is 0. The van der Waals surface area contributed by atoms with E-state index in [-0.39, 0.29) is 6.54 Å². The van der Waals surface area contributed by atoms with Crippen LogP contribution in [0.3, 0.4) is 0 Å². The molecule has 0 atom stereocenters. The molecule has 1 fully saturated rings. The van der Waals surface area contributed by atoms with E-state index in [1.165, 1.54) is 0 Å². The van der Waals surface area contributed by atoms with Crippen LogP contribution in [0, 0.1) is 0 Å². The number of hydrogen-bond donors (Lipinski definition) is 0. The van der Waals surface area contributed by atoms with Gasteiger partial charge in [0.1, 0.15) is 0 Å². The molecule has 13 heavy (non-hydrogen) atoms. The number of likely N-dealkylation sites (N-methyl/N-ethyl adjacent to an activating group) is 1. The van der Waals surface area contributed by atoms with E-state index >= 15 is 0 Å². The quantitative estimate of drug-likeness (QED) is 0.657. The minimum absolute atomic E-state index is 0.0617. The van der Waals surface area contributed by atoms with Crippen LogP contribution >= 0.6 is 0 Å². The van der Waals surface area contributed by atoms with Gasteiger partial charge in [-0.05, 0) is 7.05 Å². The van der Waals surface area contributed by atoms with E-state index in [1.807, 2.05) is 25.8 Å². The molecule has 0 aromatic carbocycles. The van der Waals surface area contributed by atoms with Crippen molar-refractivity contribution in [3.8, 4) is 0 Å². The Kier molecular flexibility index (Phi) is 7.09. The third-order valence-corrected chi connectivity index (χ3v) is 1.99. The van der Waals surface area contributed by atoms with Gasteiger partial charge in [0.15, 0.2) is 0 Å². The molecule has 0 radical (unpaired) electrons. The molecule has 1 saturated heterocycles. The Morgan fingerprint density at radius 3 is 1.92 bits per heavy atom. The number of alkyl halides is 2. The van der Waals surface area contributed by atoms with Gasteiger partial charge >= 0.3 is 0 Å². The van der Waals surface area contributed by atoms with Crippen molar-refractivity contribution in [2.24, 2.45) is 0 Å². The average Bonchev–Trinajstić information content (AvgIpc) is 2.12. The van der Waals surface area contributed by atoms with E-state index in [0.717, 1.165) is 26.2 Å². The van der Waals surface area contributed by atoms with Crippen LogP contribution in [0.25, 0.3) is 0 Å². The zero-order valence-electron chi connectivity index (χ0n) is 8.76. The number of rotatable bonds is 2. The Morgan fingerprint density at radius 2 is 1.54 bits per heavy atom. The zero-order valence-corrected chi connectivity index (χ0v) is 8.76. The van der Waals surface area contributed by atoms with Crippen molar-refractivity contribution in [1.82, 2.24) is 9.80 Å². The molecule has 0 amide bonds. The molecule has 1 rings (SSSR count). The first-order chi connectivity index (χ1) is 6.18. The van der Waals surface area contributed by atoms with Gasteiger partial charge in [-0.25, -0.2) is 8.78 Å². The summed E-state index contributed by atoms with van der Waals surface area (Å²) in [7, 11) is 2.01. The summed E-state index contributed by atoms with van der Waals surface area (Å²) in [6.45, 7) is 7.31. The zero-order chi connectivity index (χ0) is 10.3. The Bertz CT molecular complexity index is 112. The first-order valence-electron chi connectivity index (χ1n) is 4.87. The summed E-state index contributed by atoms with van der Waals surface area (Å²) in [4.78, 5) is 3.96. The minimum Gasteiger partial charge on any atom is -0.304 e. The van der Waals surface area contributed by atoms with Gasteiger partial charge in [-0.2, -0.15) is 0 Å². The number of hydrogen-bond acceptors (Lipinski definition) is 2. The molecule has 0 aliphatic carbocycles. The molecule has 0 bridgehead atoms. The summed E-state index contributed by atoms with van der Waals surface area (Å²) in [5.41, 5.74) is 0. The molecule has 0 aromatic heterocycles. The smallest absolute Gasteiger partial charge is 0.251 e. The Balaban J connectivity index is 0.000000671. The van der Waals surface area contributed by atoms with Crippen molar-refractivity contribution in [3.05, 3.63) is 0 Å². The highest BCUT2D eigenvalue weighted by Crippen LogP contribution is 2.02. The van der Waals surface area contributed by atoms with Crippen LogP contribution in [0.15, 0.2) is 0 Å². The Labute approximate surface area is 79.5 Å². The van der Waals surface area contributed by atoms with Crippen molar-refractivity contribution in [2.75, 3.05) is 39.8 Å². The fraction of sp³-hybridized carbons (Fsp3) is 1.00. The topological polar surface area (TPSA) is 6.48 Å². The lowest BCUT2D eigenvalue weighted by atomic mass is 10.3. The maximum absolute atomic E-state index is 11.9. The molecule has 0 N–H and O–H groups in total. The first-order valence-corrected chi connectivity index (χ1v) is 4.87. The minimum atomic E-state index is -2.18. The molecule has 4 heteroatoms. The van der Waals surface area contributed by atoms with Gasteiger partial charge in [-0.15, -0.1) is 0 Å². The maximum Gasteiger partial charge on any atom is 0.251 e. The van der Waals surface area contributed by atoms with Crippen LogP contribution in [-0.4, -0.2) is 56.0 Å². The molecule has 0 unspecified atom stereocenters. The fourth-order valence-corrected chi connectivity index (χ4v) is 1.23. The third kappa shape index (κ3) is 5.93. The normalized spacial score (nSPS) is 19.8. The van der Waals surface area contributed by atoms with Gasteiger partial charge in [-0.1, -0.05) is 13.8 Å². The molecule has 1 heterocycles. The monoisotopic (exact) mass is 194 g/mol. The van der Waals surface area contributed by atoms with Crippen molar-refractivity contribution in [1.29, 1.82) is 0 Å². The van der Waals surface area contributed by atoms with E-state index in [9.17, 15) is 8.78 Å². The summed E-state index contributed by atoms with van der Waals surface area (Å²) in [5.74, 6) is 0. The second kappa shape index (κ2) is 7.21. The molecule has 0 saturated carbocycles. The van der Waals surface area contributed by atoms with E-state index in [2.05, 4.69) is 4.90 Å². The average molecular weight is 194 g/mol. The number of nitrogens with zero attached hydrogens (tertiary/aromatic N) is 2. The lowest BCUT2D eigenvalue weighted by molar-refractivity contribution is 0.0624. The summed E-state index contributed by atoms with van der Waals surface area (Å²) < 4.78 is 23.7. The molecule has 2 nitrogen and oxygen atoms in total. The summed E-state index contributed by atoms with van der Waals surface area (Å²) in [5, 5.41) is 0. The molecule has 0 aromatic rings. The van der Waals surface area contributed by atoms with Gasteiger partial charge in [-0.3, -0.25) is 4.90 Å². The van der Waals surface area contributed by atoms with Crippen LogP contribution in [-0.2, 0) is 0 Å². The van der Waals surface area contributed by atoms with Gasteiger partial charge < -0.3 is 4.90 Å². The van der Waals surface area contributed by atoms with Gasteiger partial charge in [0, 0.05) is 26.2 Å². The highest BCUT2D eigenvalue weighted by molar-refractivity contribution is 4.69. The molecule has 80 valence electrons. The van der Waals surface area contributed by atoms with Crippen LogP contribution in [0.5, 0.6) is 0 Å². The summed E-state index contributed by atoms with van der Waals surface area (Å²) in [6, 6.07) is 0. The second-order valence-corrected chi connectivity index (χ2v) is 2.99. The van der Waals surface area contributed by atoms with E-state index in [0.29, 0.717) is 0 Å². The van der Waals surface area contributed by atoms with Gasteiger partial charge in [0.05, 0.1) is 6.54 Å². The number of halogens is 2. The Morgan fingerprint density at radius 1 is 1.08 bits per heavy atom. The van der Waals surface area contributed by atoms with Crippen LogP contribution < -0.4 is 0 Å². The molecular weight excluding hydrogens is 174 g/mol. The lowest BCUT2D eigenvalue weighted by Gasteiger charge is -2.31. The third-order valence-electron chi connectivity index (χ3n) is 1.99. The molecule has 0 spiro atoms. The summed E-state index contributed by atoms with van der Waals surface area (Å²) in [6.07, 6.45) is -2.18. The van der Waals surface area contributed by atoms with Crippen molar-refractivity contribution >= 4 is 0 Å². The van der Waals surface area contributed by atoms with Gasteiger partial charge in [0.25, 0.3) is 6.43 Å². The molecule has 1 aliphatic heterocycles. The van der Waals surface area contributed by atoms with E-state index in [4.69, 9.17) is 0 Å². The van der Waals surface area contributed by atoms with E-state index < -0.39 is 6.43 Å². The van der Waals surface area contributed by atoms with Crippen molar-refractivity contribution < 1.29 is 8.78 Å². The highest BCUT2D eigenvalue weighted by atomic mass is 19.3. The standard InChI is InChI=1S/C7H14F2N2.C2H6/c1-10-2-4-11(5-3-10)6-7(8)9;1-2/h7H,2-6H2,1H3;1-2H3. The van der Waals surface area contributed by atoms with E-state index in [1.54, 1.807) is 0 Å². The van der Waals surface area contributed by atoms with Crippen molar-refractivity contribution in [2.45, 2.75) is 20.3 Å². The molecule has 1 aliphatic rings. The largest absolute Gasteiger partial charge is 0.304 e. The SMILES string of the molecule is CC.CN1CCN(CC(F)F)CC1. The van der Waals surface area contributed by atoms with Crippen LogP contribution in [0.1, 0.15) is 13.8 Å². The maximum atomic E-state index is 11.9. The first kappa shape index (κ1) is 12.8. The lowest BCUT2D eigenvalue weighted by Crippen LogP contribution is -2.45. The predicted octanol–water partition coefficient (Wildman–Crippen LogP) is 1.53. The highest BCUT2D eigenvalue weighted by Gasteiger charge is 2.16. The van der Waals surface area contributed by atoms with Gasteiger partial charge in [0.2, 0.25) is 0 Å². The van der Waals surface area contributed by atoms with Crippen molar-refractivity contribution in [3.63, 3.8) is 0 Å². The second-order valence-electron chi connectivity index (χ2n) is 2.99. The van der Waals surface area contributed by atoms with Crippen LogP contribution in [0.4, 0.5) is 8.78 Å². The predicted molar refractivity (Wildman–Crippen MR) is 51.3 cm³/mol.